The lowest BCUT2D eigenvalue weighted by molar-refractivity contribution is 0.00578. The van der Waals surface area contributed by atoms with Gasteiger partial charge in [-0.2, -0.15) is 0 Å². The lowest BCUT2D eigenvalue weighted by Crippen LogP contribution is -2.41. The summed E-state index contributed by atoms with van der Waals surface area (Å²) in [5.74, 6) is 0. The van der Waals surface area contributed by atoms with Gasteiger partial charge in [-0.05, 0) is 57.6 Å². The highest BCUT2D eigenvalue weighted by Gasteiger charge is 2.51. The van der Waals surface area contributed by atoms with Crippen LogP contribution in [0.5, 0.6) is 0 Å². The SMILES string of the molecule is C/C=C(\CC)c1cccc(B2OC(C)(C)C(C)(C)O2)c1. The first-order valence-corrected chi connectivity index (χ1v) is 7.42. The molecule has 1 aromatic carbocycles. The molecule has 0 aromatic heterocycles. The Balaban J connectivity index is 2.30. The van der Waals surface area contributed by atoms with Crippen molar-refractivity contribution in [3.05, 3.63) is 35.9 Å². The van der Waals surface area contributed by atoms with E-state index >= 15 is 0 Å². The summed E-state index contributed by atoms with van der Waals surface area (Å²) in [6.07, 6.45) is 3.20. The van der Waals surface area contributed by atoms with Crippen molar-refractivity contribution in [1.82, 2.24) is 0 Å². The van der Waals surface area contributed by atoms with Crippen molar-refractivity contribution < 1.29 is 9.31 Å². The van der Waals surface area contributed by atoms with Gasteiger partial charge in [0.05, 0.1) is 11.2 Å². The zero-order valence-corrected chi connectivity index (χ0v) is 13.5. The molecule has 1 heterocycles. The van der Waals surface area contributed by atoms with Crippen LogP contribution in [0.15, 0.2) is 30.3 Å². The molecule has 2 nitrogen and oxygen atoms in total. The summed E-state index contributed by atoms with van der Waals surface area (Å²) in [6.45, 7) is 12.6. The van der Waals surface area contributed by atoms with Crippen molar-refractivity contribution in [2.75, 3.05) is 0 Å². The molecule has 1 saturated heterocycles. The molecule has 1 fully saturated rings. The Hall–Kier alpha value is -1.06. The van der Waals surface area contributed by atoms with E-state index in [1.54, 1.807) is 0 Å². The average Bonchev–Trinajstić information content (AvgIpc) is 2.60. The van der Waals surface area contributed by atoms with Gasteiger partial charge in [-0.25, -0.2) is 0 Å². The van der Waals surface area contributed by atoms with Crippen LogP contribution in [0.3, 0.4) is 0 Å². The predicted octanol–water partition coefficient (Wildman–Crippen LogP) is 3.80. The molecular formula is C17H25BO2. The maximum Gasteiger partial charge on any atom is 0.494 e. The summed E-state index contributed by atoms with van der Waals surface area (Å²) in [5, 5.41) is 0. The van der Waals surface area contributed by atoms with E-state index in [-0.39, 0.29) is 18.3 Å². The molecule has 0 atom stereocenters. The summed E-state index contributed by atoms with van der Waals surface area (Å²) < 4.78 is 12.2. The lowest BCUT2D eigenvalue weighted by atomic mass is 9.78. The van der Waals surface area contributed by atoms with Crippen LogP contribution < -0.4 is 5.46 Å². The van der Waals surface area contributed by atoms with E-state index in [1.807, 2.05) is 0 Å². The van der Waals surface area contributed by atoms with Crippen molar-refractivity contribution in [2.24, 2.45) is 0 Å². The molecule has 0 bridgehead atoms. The largest absolute Gasteiger partial charge is 0.494 e. The minimum absolute atomic E-state index is 0.282. The van der Waals surface area contributed by atoms with Crippen LogP contribution in [0.2, 0.25) is 0 Å². The third kappa shape index (κ3) is 2.70. The smallest absolute Gasteiger partial charge is 0.399 e. The number of hydrogen-bond donors (Lipinski definition) is 0. The molecule has 1 aromatic rings. The van der Waals surface area contributed by atoms with Gasteiger partial charge in [0.2, 0.25) is 0 Å². The molecule has 0 amide bonds. The fraction of sp³-hybridized carbons (Fsp3) is 0.529. The van der Waals surface area contributed by atoms with Gasteiger partial charge in [0.1, 0.15) is 0 Å². The average molecular weight is 272 g/mol. The molecule has 3 heteroatoms. The maximum atomic E-state index is 6.11. The Labute approximate surface area is 123 Å². The molecule has 0 unspecified atom stereocenters. The summed E-state index contributed by atoms with van der Waals surface area (Å²) >= 11 is 0. The van der Waals surface area contributed by atoms with Gasteiger partial charge in [-0.3, -0.25) is 0 Å². The van der Waals surface area contributed by atoms with Crippen molar-refractivity contribution in [1.29, 1.82) is 0 Å². The molecular weight excluding hydrogens is 247 g/mol. The molecule has 0 saturated carbocycles. The number of allylic oxidation sites excluding steroid dienone is 2. The van der Waals surface area contributed by atoms with Crippen molar-refractivity contribution in [2.45, 2.75) is 59.2 Å². The van der Waals surface area contributed by atoms with E-state index in [9.17, 15) is 0 Å². The standard InChI is InChI=1S/C17H25BO2/c1-7-13(8-2)14-10-9-11-15(12-14)18-19-16(3,4)17(5,6)20-18/h7,9-12H,8H2,1-6H3/b13-7+. The maximum absolute atomic E-state index is 6.11. The topological polar surface area (TPSA) is 18.5 Å². The van der Waals surface area contributed by atoms with Crippen LogP contribution in [-0.4, -0.2) is 18.3 Å². The van der Waals surface area contributed by atoms with E-state index in [4.69, 9.17) is 9.31 Å². The molecule has 0 N–H and O–H groups in total. The van der Waals surface area contributed by atoms with Gasteiger partial charge >= 0.3 is 7.12 Å². The fourth-order valence-electron chi connectivity index (χ4n) is 2.44. The van der Waals surface area contributed by atoms with Gasteiger partial charge in [0.15, 0.2) is 0 Å². The molecule has 1 aliphatic heterocycles. The first-order valence-electron chi connectivity index (χ1n) is 7.42. The van der Waals surface area contributed by atoms with Crippen LogP contribution in [0, 0.1) is 0 Å². The van der Waals surface area contributed by atoms with Gasteiger partial charge in [-0.1, -0.05) is 37.3 Å². The van der Waals surface area contributed by atoms with Crippen molar-refractivity contribution >= 4 is 18.2 Å². The monoisotopic (exact) mass is 272 g/mol. The van der Waals surface area contributed by atoms with Crippen LogP contribution in [0.4, 0.5) is 0 Å². The molecule has 108 valence electrons. The zero-order chi connectivity index (χ0) is 15.0. The predicted molar refractivity (Wildman–Crippen MR) is 86.1 cm³/mol. The first kappa shape index (κ1) is 15.3. The summed E-state index contributed by atoms with van der Waals surface area (Å²) in [6, 6.07) is 8.48. The first-order chi connectivity index (χ1) is 9.30. The normalized spacial score (nSPS) is 21.3. The van der Waals surface area contributed by atoms with Gasteiger partial charge in [0.25, 0.3) is 0 Å². The van der Waals surface area contributed by atoms with Gasteiger partial charge < -0.3 is 9.31 Å². The van der Waals surface area contributed by atoms with Crippen LogP contribution in [0.25, 0.3) is 5.57 Å². The third-order valence-electron chi connectivity index (χ3n) is 4.51. The summed E-state index contributed by atoms with van der Waals surface area (Å²) in [4.78, 5) is 0. The molecule has 0 spiro atoms. The van der Waals surface area contributed by atoms with Crippen LogP contribution >= 0.6 is 0 Å². The minimum atomic E-state index is -0.290. The molecule has 20 heavy (non-hydrogen) atoms. The number of benzene rings is 1. The molecule has 1 aliphatic rings. The molecule has 2 rings (SSSR count). The quantitative estimate of drug-likeness (QED) is 0.779. The van der Waals surface area contributed by atoms with Gasteiger partial charge in [-0.15, -0.1) is 0 Å². The summed E-state index contributed by atoms with van der Waals surface area (Å²) in [7, 11) is -0.282. The summed E-state index contributed by atoms with van der Waals surface area (Å²) in [5.41, 5.74) is 3.11. The van der Waals surface area contributed by atoms with E-state index < -0.39 is 0 Å². The second-order valence-electron chi connectivity index (χ2n) is 6.38. The Morgan fingerprint density at radius 1 is 1.15 bits per heavy atom. The van der Waals surface area contributed by atoms with Crippen molar-refractivity contribution in [3.8, 4) is 0 Å². The second kappa shape index (κ2) is 5.38. The zero-order valence-electron chi connectivity index (χ0n) is 13.5. The number of rotatable bonds is 3. The molecule has 0 aliphatic carbocycles. The van der Waals surface area contributed by atoms with Crippen LogP contribution in [0.1, 0.15) is 53.5 Å². The van der Waals surface area contributed by atoms with E-state index in [2.05, 4.69) is 71.9 Å². The minimum Gasteiger partial charge on any atom is -0.399 e. The Morgan fingerprint density at radius 3 is 2.25 bits per heavy atom. The van der Waals surface area contributed by atoms with Gasteiger partial charge in [0, 0.05) is 0 Å². The van der Waals surface area contributed by atoms with Crippen molar-refractivity contribution in [3.63, 3.8) is 0 Å². The second-order valence-corrected chi connectivity index (χ2v) is 6.38. The third-order valence-corrected chi connectivity index (χ3v) is 4.51. The van der Waals surface area contributed by atoms with E-state index in [0.717, 1.165) is 11.9 Å². The molecule has 0 radical (unpaired) electrons. The highest BCUT2D eigenvalue weighted by Crippen LogP contribution is 2.36. The Kier molecular flexibility index (Phi) is 4.13. The van der Waals surface area contributed by atoms with E-state index in [0.29, 0.717) is 0 Å². The lowest BCUT2D eigenvalue weighted by Gasteiger charge is -2.32. The number of hydrogen-bond acceptors (Lipinski definition) is 2. The highest BCUT2D eigenvalue weighted by atomic mass is 16.7. The fourth-order valence-corrected chi connectivity index (χ4v) is 2.44. The Bertz CT molecular complexity index is 501. The Morgan fingerprint density at radius 2 is 1.75 bits per heavy atom. The van der Waals surface area contributed by atoms with Crippen LogP contribution in [-0.2, 0) is 9.31 Å². The highest BCUT2D eigenvalue weighted by molar-refractivity contribution is 6.62. The van der Waals surface area contributed by atoms with E-state index in [1.165, 1.54) is 11.1 Å².